The fourth-order valence-corrected chi connectivity index (χ4v) is 5.49. The number of carboxylic acid groups (broad SMARTS) is 1. The third kappa shape index (κ3) is 5.17. The number of carbonyl (C=O) groups is 1. The van der Waals surface area contributed by atoms with E-state index in [0.717, 1.165) is 54.8 Å². The van der Waals surface area contributed by atoms with Gasteiger partial charge in [-0.3, -0.25) is 9.28 Å². The molecule has 0 radical (unpaired) electrons. The van der Waals surface area contributed by atoms with E-state index in [1.165, 1.54) is 33.4 Å². The molecule has 0 saturated heterocycles. The highest BCUT2D eigenvalue weighted by molar-refractivity contribution is 5.77. The number of pyridine rings is 1. The Balaban J connectivity index is 1.41. The molecule has 0 bridgehead atoms. The summed E-state index contributed by atoms with van der Waals surface area (Å²) in [6.07, 6.45) is 7.44. The maximum absolute atomic E-state index is 10.9. The maximum atomic E-state index is 10.9. The summed E-state index contributed by atoms with van der Waals surface area (Å²) in [5.41, 5.74) is 7.68. The zero-order chi connectivity index (χ0) is 25.3. The van der Waals surface area contributed by atoms with Crippen molar-refractivity contribution in [1.29, 1.82) is 0 Å². The molecule has 2 atom stereocenters. The molecule has 3 aromatic rings. The second-order valence-corrected chi connectivity index (χ2v) is 10.9. The highest BCUT2D eigenvalue weighted by Gasteiger charge is 2.38. The first-order valence-corrected chi connectivity index (χ1v) is 13.2. The minimum Gasteiger partial charge on any atom is -0.490 e. The first-order chi connectivity index (χ1) is 17.3. The van der Waals surface area contributed by atoms with Crippen LogP contribution in [-0.4, -0.2) is 35.8 Å². The van der Waals surface area contributed by atoms with Crippen molar-refractivity contribution in [3.63, 3.8) is 0 Å². The van der Waals surface area contributed by atoms with E-state index in [9.17, 15) is 4.79 Å². The van der Waals surface area contributed by atoms with Crippen molar-refractivity contribution in [2.75, 3.05) is 13.6 Å². The summed E-state index contributed by atoms with van der Waals surface area (Å²) in [6, 6.07) is 17.3. The molecule has 5 nitrogen and oxygen atoms in total. The third-order valence-corrected chi connectivity index (χ3v) is 7.88. The van der Waals surface area contributed by atoms with Crippen LogP contribution in [0.5, 0.6) is 5.75 Å². The van der Waals surface area contributed by atoms with Gasteiger partial charge in [-0.05, 0) is 73.4 Å². The van der Waals surface area contributed by atoms with Crippen LogP contribution in [0, 0.1) is 6.92 Å². The summed E-state index contributed by atoms with van der Waals surface area (Å²) in [4.78, 5) is 15.8. The number of ether oxygens (including phenoxy) is 1. The van der Waals surface area contributed by atoms with Crippen molar-refractivity contribution in [3.8, 4) is 16.9 Å². The van der Waals surface area contributed by atoms with Gasteiger partial charge in [-0.25, -0.2) is 4.98 Å². The number of fused-ring (bicyclic) bond motifs is 1. The van der Waals surface area contributed by atoms with Gasteiger partial charge in [-0.2, -0.15) is 0 Å². The van der Waals surface area contributed by atoms with E-state index in [1.807, 2.05) is 6.20 Å². The first kappa shape index (κ1) is 24.5. The molecular weight excluding hydrogens is 448 g/mol. The molecule has 1 fully saturated rings. The molecule has 1 saturated carbocycles. The van der Waals surface area contributed by atoms with Gasteiger partial charge in [0.05, 0.1) is 19.7 Å². The Kier molecular flexibility index (Phi) is 6.85. The largest absolute Gasteiger partial charge is 0.490 e. The molecule has 5 rings (SSSR count). The molecule has 2 aliphatic rings. The lowest BCUT2D eigenvalue weighted by Gasteiger charge is -2.30. The smallest absolute Gasteiger partial charge is 0.303 e. The summed E-state index contributed by atoms with van der Waals surface area (Å²) in [6.45, 7) is 6.30. The Morgan fingerprint density at radius 2 is 1.97 bits per heavy atom. The van der Waals surface area contributed by atoms with Crippen LogP contribution in [0.4, 0.5) is 5.82 Å². The maximum Gasteiger partial charge on any atom is 0.303 e. The molecule has 2 aromatic carbocycles. The number of carboxylic acids is 1. The Morgan fingerprint density at radius 3 is 2.75 bits per heavy atom. The Hall–Kier alpha value is -3.18. The summed E-state index contributed by atoms with van der Waals surface area (Å²) in [5, 5.41) is 8.98. The predicted molar refractivity (Wildman–Crippen MR) is 144 cm³/mol. The SMILES string of the molecule is Cc1ccc([C@H](C)CCCC(=O)O)cc1C[N+]1(C)CCc2c(-c3ccccc3OC3CC3)ccnc21. The fourth-order valence-electron chi connectivity index (χ4n) is 5.49. The molecular formula is C31H37N2O3+. The number of aryl methyl sites for hydroxylation is 1. The third-order valence-electron chi connectivity index (χ3n) is 7.88. The molecule has 1 aliphatic carbocycles. The average Bonchev–Trinajstić information content (AvgIpc) is 3.62. The van der Waals surface area contributed by atoms with Gasteiger partial charge in [-0.1, -0.05) is 37.3 Å². The van der Waals surface area contributed by atoms with Gasteiger partial charge < -0.3 is 9.84 Å². The second kappa shape index (κ2) is 10.1. The Bertz CT molecular complexity index is 1270. The second-order valence-electron chi connectivity index (χ2n) is 10.9. The molecule has 36 heavy (non-hydrogen) atoms. The van der Waals surface area contributed by atoms with Crippen molar-refractivity contribution < 1.29 is 14.6 Å². The monoisotopic (exact) mass is 485 g/mol. The summed E-state index contributed by atoms with van der Waals surface area (Å²) in [7, 11) is 2.30. The highest BCUT2D eigenvalue weighted by Crippen LogP contribution is 2.43. The molecule has 0 spiro atoms. The van der Waals surface area contributed by atoms with Crippen LogP contribution in [0.1, 0.15) is 67.2 Å². The Morgan fingerprint density at radius 1 is 1.17 bits per heavy atom. The number of aromatic nitrogens is 1. The lowest BCUT2D eigenvalue weighted by Crippen LogP contribution is -2.43. The van der Waals surface area contributed by atoms with E-state index in [-0.39, 0.29) is 6.42 Å². The average molecular weight is 486 g/mol. The summed E-state index contributed by atoms with van der Waals surface area (Å²) >= 11 is 0. The number of hydrogen-bond donors (Lipinski definition) is 1. The van der Waals surface area contributed by atoms with Crippen LogP contribution in [-0.2, 0) is 17.8 Å². The van der Waals surface area contributed by atoms with E-state index in [0.29, 0.717) is 18.4 Å². The molecule has 5 heteroatoms. The molecule has 1 unspecified atom stereocenters. The number of likely N-dealkylation sites (N-methyl/N-ethyl adjacent to an activating group) is 1. The first-order valence-electron chi connectivity index (χ1n) is 13.2. The normalized spacial score (nSPS) is 19.6. The van der Waals surface area contributed by atoms with Crippen molar-refractivity contribution in [2.24, 2.45) is 0 Å². The van der Waals surface area contributed by atoms with E-state index >= 15 is 0 Å². The van der Waals surface area contributed by atoms with Gasteiger partial charge in [-0.15, -0.1) is 0 Å². The van der Waals surface area contributed by atoms with E-state index in [2.05, 4.69) is 69.4 Å². The van der Waals surface area contributed by atoms with Crippen molar-refractivity contribution in [3.05, 3.63) is 77.0 Å². The topological polar surface area (TPSA) is 59.4 Å². The molecule has 1 N–H and O–H groups in total. The predicted octanol–water partition coefficient (Wildman–Crippen LogP) is 6.65. The van der Waals surface area contributed by atoms with Crippen molar-refractivity contribution in [2.45, 2.75) is 70.9 Å². The number of nitrogens with zero attached hydrogens (tertiary/aromatic N) is 2. The number of quaternary nitrogens is 1. The minimum atomic E-state index is -0.717. The van der Waals surface area contributed by atoms with Gasteiger partial charge in [0.2, 0.25) is 5.82 Å². The molecule has 1 aromatic heterocycles. The van der Waals surface area contributed by atoms with Gasteiger partial charge in [0.1, 0.15) is 12.3 Å². The van der Waals surface area contributed by atoms with E-state index < -0.39 is 5.97 Å². The lowest BCUT2D eigenvalue weighted by atomic mass is 9.92. The highest BCUT2D eigenvalue weighted by atomic mass is 16.5. The van der Waals surface area contributed by atoms with Gasteiger partial charge in [0, 0.05) is 35.7 Å². The van der Waals surface area contributed by atoms with Gasteiger partial charge >= 0.3 is 5.97 Å². The lowest BCUT2D eigenvalue weighted by molar-refractivity contribution is -0.137. The summed E-state index contributed by atoms with van der Waals surface area (Å²) in [5.74, 6) is 1.76. The zero-order valence-corrected chi connectivity index (χ0v) is 21.7. The Labute approximate surface area is 214 Å². The van der Waals surface area contributed by atoms with Crippen LogP contribution >= 0.6 is 0 Å². The van der Waals surface area contributed by atoms with Crippen LogP contribution < -0.4 is 9.22 Å². The molecule has 188 valence electrons. The fraction of sp³-hybridized carbons (Fsp3) is 0.419. The van der Waals surface area contributed by atoms with Gasteiger partial charge in [0.25, 0.3) is 0 Å². The molecule has 2 heterocycles. The summed E-state index contributed by atoms with van der Waals surface area (Å²) < 4.78 is 7.04. The van der Waals surface area contributed by atoms with E-state index in [1.54, 1.807) is 0 Å². The standard InChI is InChI=1S/C31H36N2O3/c1-21(7-6-10-30(34)35)23-12-11-22(2)24(19-23)20-33(3)18-16-28-26(15-17-32-31(28)33)27-8-4-5-9-29(27)36-25-13-14-25/h4-5,8-9,11-12,15,17,19,21,25H,6-7,10,13-14,16,18,20H2,1-3H3/p+1/t21-,33?/m1/s1. The van der Waals surface area contributed by atoms with Crippen LogP contribution in [0.3, 0.4) is 0 Å². The quantitative estimate of drug-likeness (QED) is 0.327. The number of aliphatic carboxylic acids is 1. The van der Waals surface area contributed by atoms with Crippen LogP contribution in [0.2, 0.25) is 0 Å². The van der Waals surface area contributed by atoms with Crippen LogP contribution in [0.15, 0.2) is 54.7 Å². The molecule has 1 aliphatic heterocycles. The van der Waals surface area contributed by atoms with Crippen LogP contribution in [0.25, 0.3) is 11.1 Å². The number of hydrogen-bond acceptors (Lipinski definition) is 3. The molecule has 0 amide bonds. The van der Waals surface area contributed by atoms with Crippen molar-refractivity contribution in [1.82, 2.24) is 9.47 Å². The minimum absolute atomic E-state index is 0.234. The van der Waals surface area contributed by atoms with Gasteiger partial charge in [0.15, 0.2) is 0 Å². The number of rotatable bonds is 10. The number of benzene rings is 2. The number of para-hydroxylation sites is 1. The van der Waals surface area contributed by atoms with E-state index in [4.69, 9.17) is 14.8 Å². The zero-order valence-electron chi connectivity index (χ0n) is 21.7. The van der Waals surface area contributed by atoms with Crippen molar-refractivity contribution >= 4 is 11.8 Å².